The van der Waals surface area contributed by atoms with Gasteiger partial charge in [-0.25, -0.2) is 0 Å². The van der Waals surface area contributed by atoms with Crippen molar-refractivity contribution < 1.29 is 9.47 Å². The first-order valence-electron chi connectivity index (χ1n) is 8.09. The second-order valence-corrected chi connectivity index (χ2v) is 6.32. The van der Waals surface area contributed by atoms with E-state index in [9.17, 15) is 0 Å². The molecule has 0 radical (unpaired) electrons. The van der Waals surface area contributed by atoms with Gasteiger partial charge in [0.1, 0.15) is 0 Å². The van der Waals surface area contributed by atoms with Crippen molar-refractivity contribution in [1.29, 1.82) is 0 Å². The average molecular weight is 290 g/mol. The Kier molecular flexibility index (Phi) is 4.57. The summed E-state index contributed by atoms with van der Waals surface area (Å²) in [5.74, 6) is 0. The van der Waals surface area contributed by atoms with E-state index in [4.69, 9.17) is 9.47 Å². The molecule has 0 bridgehead atoms. The monoisotopic (exact) mass is 290 g/mol. The molecule has 116 valence electrons. The summed E-state index contributed by atoms with van der Waals surface area (Å²) in [6, 6.07) is 6.26. The molecule has 0 aromatic carbocycles. The Morgan fingerprint density at radius 2 is 2.19 bits per heavy atom. The van der Waals surface area contributed by atoms with E-state index in [-0.39, 0.29) is 5.60 Å². The molecular weight excluding hydrogens is 264 g/mol. The molecule has 2 saturated heterocycles. The third-order valence-electron chi connectivity index (χ3n) is 4.68. The molecule has 0 aliphatic carbocycles. The lowest BCUT2D eigenvalue weighted by molar-refractivity contribution is -0.0466. The highest BCUT2D eigenvalue weighted by Crippen LogP contribution is 2.37. The quantitative estimate of drug-likeness (QED) is 0.853. The topological polar surface area (TPSA) is 34.6 Å². The van der Waals surface area contributed by atoms with Gasteiger partial charge < -0.3 is 9.47 Å². The molecule has 2 aliphatic rings. The van der Waals surface area contributed by atoms with E-state index in [1.807, 2.05) is 0 Å². The minimum atomic E-state index is 0.0797. The largest absolute Gasteiger partial charge is 0.376 e. The number of piperidine rings is 1. The fraction of sp³-hybridized carbons (Fsp3) is 0.706. The van der Waals surface area contributed by atoms with E-state index in [0.29, 0.717) is 6.10 Å². The van der Waals surface area contributed by atoms with Crippen LogP contribution >= 0.6 is 0 Å². The second kappa shape index (κ2) is 6.42. The Labute approximate surface area is 127 Å². The van der Waals surface area contributed by atoms with Crippen molar-refractivity contribution in [3.63, 3.8) is 0 Å². The molecule has 1 spiro atoms. The number of ether oxygens (including phenoxy) is 2. The van der Waals surface area contributed by atoms with E-state index in [1.54, 1.807) is 0 Å². The Hall–Kier alpha value is -0.970. The molecule has 2 aliphatic heterocycles. The van der Waals surface area contributed by atoms with Crippen molar-refractivity contribution in [1.82, 2.24) is 9.88 Å². The number of hydrogen-bond donors (Lipinski definition) is 0. The van der Waals surface area contributed by atoms with E-state index < -0.39 is 0 Å². The van der Waals surface area contributed by atoms with Crippen molar-refractivity contribution in [3.8, 4) is 0 Å². The van der Waals surface area contributed by atoms with Crippen molar-refractivity contribution in [2.75, 3.05) is 26.3 Å². The van der Waals surface area contributed by atoms with Crippen LogP contribution in [0.25, 0.3) is 0 Å². The minimum absolute atomic E-state index is 0.0797. The van der Waals surface area contributed by atoms with Gasteiger partial charge in [0.2, 0.25) is 0 Å². The Morgan fingerprint density at radius 3 is 2.90 bits per heavy atom. The smallest absolute Gasteiger partial charge is 0.0836 e. The molecule has 4 nitrogen and oxygen atoms in total. The summed E-state index contributed by atoms with van der Waals surface area (Å²) in [5.41, 5.74) is 2.35. The van der Waals surface area contributed by atoms with Crippen molar-refractivity contribution in [2.45, 2.75) is 51.4 Å². The van der Waals surface area contributed by atoms with Crippen LogP contribution < -0.4 is 0 Å². The van der Waals surface area contributed by atoms with Crippen molar-refractivity contribution in [3.05, 3.63) is 29.6 Å². The molecule has 3 rings (SSSR count). The molecule has 0 unspecified atom stereocenters. The highest BCUT2D eigenvalue weighted by atomic mass is 16.6. The lowest BCUT2D eigenvalue weighted by Crippen LogP contribution is -2.44. The lowest BCUT2D eigenvalue weighted by Gasteiger charge is -2.38. The van der Waals surface area contributed by atoms with E-state index in [0.717, 1.165) is 57.8 Å². The number of nitrogens with zero attached hydrogens (tertiary/aromatic N) is 2. The summed E-state index contributed by atoms with van der Waals surface area (Å²) in [6.07, 6.45) is 3.60. The van der Waals surface area contributed by atoms with Crippen LogP contribution in [0.1, 0.15) is 37.6 Å². The third-order valence-corrected chi connectivity index (χ3v) is 4.68. The lowest BCUT2D eigenvalue weighted by atomic mass is 9.88. The highest BCUT2D eigenvalue weighted by Gasteiger charge is 2.42. The average Bonchev–Trinajstić information content (AvgIpc) is 2.85. The Morgan fingerprint density at radius 1 is 1.38 bits per heavy atom. The van der Waals surface area contributed by atoms with Crippen LogP contribution in [0.5, 0.6) is 0 Å². The number of hydrogen-bond acceptors (Lipinski definition) is 4. The number of rotatable bonds is 4. The normalized spacial score (nSPS) is 25.5. The van der Waals surface area contributed by atoms with E-state index >= 15 is 0 Å². The van der Waals surface area contributed by atoms with Gasteiger partial charge in [-0.2, -0.15) is 0 Å². The summed E-state index contributed by atoms with van der Waals surface area (Å²) in [5, 5.41) is 0. The maximum atomic E-state index is 6.10. The summed E-state index contributed by atoms with van der Waals surface area (Å²) in [4.78, 5) is 7.09. The first-order chi connectivity index (χ1) is 10.2. The van der Waals surface area contributed by atoms with Gasteiger partial charge in [0.05, 0.1) is 24.0 Å². The highest BCUT2D eigenvalue weighted by molar-refractivity contribution is 5.10. The summed E-state index contributed by atoms with van der Waals surface area (Å²) >= 11 is 0. The van der Waals surface area contributed by atoms with Crippen LogP contribution in [0.3, 0.4) is 0 Å². The second-order valence-electron chi connectivity index (χ2n) is 6.32. The molecule has 0 saturated carbocycles. The van der Waals surface area contributed by atoms with Gasteiger partial charge in [-0.1, -0.05) is 6.07 Å². The van der Waals surface area contributed by atoms with Gasteiger partial charge in [0.15, 0.2) is 0 Å². The number of likely N-dealkylation sites (tertiary alicyclic amines) is 1. The van der Waals surface area contributed by atoms with Gasteiger partial charge in [-0.3, -0.25) is 9.88 Å². The van der Waals surface area contributed by atoms with E-state index in [1.165, 1.54) is 5.69 Å². The zero-order chi connectivity index (χ0) is 14.7. The van der Waals surface area contributed by atoms with Gasteiger partial charge in [-0.05, 0) is 38.8 Å². The Bertz CT molecular complexity index is 470. The minimum Gasteiger partial charge on any atom is -0.376 e. The van der Waals surface area contributed by atoms with Crippen LogP contribution in [0.2, 0.25) is 0 Å². The van der Waals surface area contributed by atoms with Crippen LogP contribution in [0.4, 0.5) is 0 Å². The molecule has 1 aromatic heterocycles. The molecule has 21 heavy (non-hydrogen) atoms. The van der Waals surface area contributed by atoms with Crippen LogP contribution in [-0.4, -0.2) is 47.9 Å². The maximum absolute atomic E-state index is 6.10. The van der Waals surface area contributed by atoms with Crippen LogP contribution in [0, 0.1) is 6.92 Å². The fourth-order valence-electron chi connectivity index (χ4n) is 3.53. The molecule has 4 heteroatoms. The van der Waals surface area contributed by atoms with Crippen LogP contribution in [0.15, 0.2) is 18.2 Å². The van der Waals surface area contributed by atoms with Gasteiger partial charge in [0.25, 0.3) is 0 Å². The first-order valence-corrected chi connectivity index (χ1v) is 8.09. The summed E-state index contributed by atoms with van der Waals surface area (Å²) in [7, 11) is 0. The van der Waals surface area contributed by atoms with Crippen molar-refractivity contribution >= 4 is 0 Å². The molecule has 2 fully saturated rings. The van der Waals surface area contributed by atoms with Crippen molar-refractivity contribution in [2.24, 2.45) is 0 Å². The Balaban J connectivity index is 1.51. The SMILES string of the molecule is CCO[C@H]1COC2(CCN(Cc3cccc(C)n3)CC2)C1. The molecule has 1 aromatic rings. The number of pyridine rings is 1. The predicted molar refractivity (Wildman–Crippen MR) is 82.2 cm³/mol. The molecule has 0 N–H and O–H groups in total. The summed E-state index contributed by atoms with van der Waals surface area (Å²) < 4.78 is 11.8. The summed E-state index contributed by atoms with van der Waals surface area (Å²) in [6.45, 7) is 8.80. The maximum Gasteiger partial charge on any atom is 0.0836 e. The van der Waals surface area contributed by atoms with Gasteiger partial charge in [0, 0.05) is 38.4 Å². The molecule has 1 atom stereocenters. The molecule has 3 heterocycles. The molecular formula is C17H26N2O2. The third kappa shape index (κ3) is 3.62. The van der Waals surface area contributed by atoms with E-state index in [2.05, 4.69) is 41.9 Å². The standard InChI is InChI=1S/C17H26N2O2/c1-3-20-16-11-17(21-13-16)7-9-19(10-8-17)12-15-6-4-5-14(2)18-15/h4-6,16H,3,7-13H2,1-2H3/t16-/m1/s1. The zero-order valence-electron chi connectivity index (χ0n) is 13.2. The fourth-order valence-corrected chi connectivity index (χ4v) is 3.53. The molecule has 0 amide bonds. The predicted octanol–water partition coefficient (Wildman–Crippen LogP) is 2.55. The first kappa shape index (κ1) is 14.9. The number of aryl methyl sites for hydroxylation is 1. The van der Waals surface area contributed by atoms with Crippen LogP contribution in [-0.2, 0) is 16.0 Å². The van der Waals surface area contributed by atoms with Gasteiger partial charge in [-0.15, -0.1) is 0 Å². The van der Waals surface area contributed by atoms with Gasteiger partial charge >= 0.3 is 0 Å². The number of aromatic nitrogens is 1. The zero-order valence-corrected chi connectivity index (χ0v) is 13.2.